The second kappa shape index (κ2) is 4.30. The molecule has 5 nitrogen and oxygen atoms in total. The number of hydrogen-bond donors (Lipinski definition) is 1. The second-order valence-electron chi connectivity index (χ2n) is 3.27. The van der Waals surface area contributed by atoms with Crippen LogP contribution in [0.2, 0.25) is 0 Å². The summed E-state index contributed by atoms with van der Waals surface area (Å²) in [7, 11) is 0. The zero-order chi connectivity index (χ0) is 14.3. The van der Waals surface area contributed by atoms with E-state index in [-0.39, 0.29) is 4.68 Å². The molecule has 0 bridgehead atoms. The molecule has 10 heteroatoms. The van der Waals surface area contributed by atoms with Crippen LogP contribution in [0.5, 0.6) is 0 Å². The van der Waals surface area contributed by atoms with Gasteiger partial charge in [-0.2, -0.15) is 0 Å². The maximum Gasteiger partial charge on any atom is 0.358 e. The van der Waals surface area contributed by atoms with Gasteiger partial charge in [0.25, 0.3) is 0 Å². The summed E-state index contributed by atoms with van der Waals surface area (Å²) < 4.78 is 65.4. The van der Waals surface area contributed by atoms with E-state index < -0.39 is 46.4 Å². The Labute approximate surface area is 100 Å². The van der Waals surface area contributed by atoms with Crippen molar-refractivity contribution in [3.05, 3.63) is 41.0 Å². The normalized spacial score (nSPS) is 10.8. The van der Waals surface area contributed by atoms with Crippen LogP contribution in [0.4, 0.5) is 22.0 Å². The molecule has 1 heterocycles. The van der Waals surface area contributed by atoms with Gasteiger partial charge in [0, 0.05) is 0 Å². The van der Waals surface area contributed by atoms with Crippen LogP contribution in [0, 0.1) is 29.1 Å². The molecule has 0 saturated heterocycles. The molecule has 0 aliphatic carbocycles. The number of benzene rings is 1. The van der Waals surface area contributed by atoms with Gasteiger partial charge in [0.2, 0.25) is 5.82 Å². The average Bonchev–Trinajstić information content (AvgIpc) is 2.84. The molecule has 0 amide bonds. The lowest BCUT2D eigenvalue weighted by Crippen LogP contribution is -2.10. The van der Waals surface area contributed by atoms with E-state index in [0.717, 1.165) is 0 Å². The van der Waals surface area contributed by atoms with Gasteiger partial charge in [0.15, 0.2) is 29.0 Å². The summed E-state index contributed by atoms with van der Waals surface area (Å²) in [5.74, 6) is -12.5. The Morgan fingerprint density at radius 2 is 1.47 bits per heavy atom. The van der Waals surface area contributed by atoms with Crippen LogP contribution >= 0.6 is 0 Å². The monoisotopic (exact) mass is 279 g/mol. The highest BCUT2D eigenvalue weighted by atomic mass is 19.2. The lowest BCUT2D eigenvalue weighted by atomic mass is 10.2. The maximum absolute atomic E-state index is 13.3. The first-order valence-electron chi connectivity index (χ1n) is 4.52. The Hall–Kier alpha value is -2.52. The minimum absolute atomic E-state index is 0.152. The summed E-state index contributed by atoms with van der Waals surface area (Å²) in [4.78, 5) is 10.5. The first-order chi connectivity index (χ1) is 8.84. The van der Waals surface area contributed by atoms with E-state index in [2.05, 4.69) is 10.3 Å². The number of carbonyl (C=O) groups is 1. The fraction of sp³-hybridized carbons (Fsp3) is 0. The van der Waals surface area contributed by atoms with Crippen LogP contribution in [0.25, 0.3) is 5.69 Å². The predicted molar refractivity (Wildman–Crippen MR) is 48.1 cm³/mol. The van der Waals surface area contributed by atoms with E-state index in [4.69, 9.17) is 5.11 Å². The van der Waals surface area contributed by atoms with Crippen molar-refractivity contribution in [3.8, 4) is 5.69 Å². The summed E-state index contributed by atoms with van der Waals surface area (Å²) in [6, 6.07) is 0. The van der Waals surface area contributed by atoms with Crippen LogP contribution in [0.1, 0.15) is 10.5 Å². The fourth-order valence-corrected chi connectivity index (χ4v) is 1.27. The van der Waals surface area contributed by atoms with Gasteiger partial charge >= 0.3 is 5.97 Å². The molecule has 0 radical (unpaired) electrons. The first-order valence-corrected chi connectivity index (χ1v) is 4.52. The zero-order valence-corrected chi connectivity index (χ0v) is 8.66. The second-order valence-corrected chi connectivity index (χ2v) is 3.27. The topological polar surface area (TPSA) is 68.0 Å². The van der Waals surface area contributed by atoms with E-state index in [0.29, 0.717) is 6.20 Å². The van der Waals surface area contributed by atoms with Crippen molar-refractivity contribution in [1.29, 1.82) is 0 Å². The van der Waals surface area contributed by atoms with Gasteiger partial charge in [0.1, 0.15) is 5.69 Å². The molecule has 0 atom stereocenters. The molecule has 2 rings (SSSR count). The highest BCUT2D eigenvalue weighted by Gasteiger charge is 2.28. The molecule has 100 valence electrons. The van der Waals surface area contributed by atoms with Crippen molar-refractivity contribution in [2.45, 2.75) is 0 Å². The fourth-order valence-electron chi connectivity index (χ4n) is 1.27. The van der Waals surface area contributed by atoms with Crippen molar-refractivity contribution < 1.29 is 31.9 Å². The molecule has 2 aromatic rings. The quantitative estimate of drug-likeness (QED) is 0.515. The van der Waals surface area contributed by atoms with Gasteiger partial charge in [-0.1, -0.05) is 5.21 Å². The lowest BCUT2D eigenvalue weighted by Gasteiger charge is -2.06. The van der Waals surface area contributed by atoms with E-state index in [1.165, 1.54) is 0 Å². The third-order valence-corrected chi connectivity index (χ3v) is 2.13. The van der Waals surface area contributed by atoms with Gasteiger partial charge in [-0.15, -0.1) is 5.10 Å². The molecule has 0 aliphatic rings. The zero-order valence-electron chi connectivity index (χ0n) is 8.66. The number of aromatic carboxylic acids is 1. The van der Waals surface area contributed by atoms with Crippen LogP contribution in [0.3, 0.4) is 0 Å². The maximum atomic E-state index is 13.3. The third kappa shape index (κ3) is 1.90. The highest BCUT2D eigenvalue weighted by molar-refractivity contribution is 5.84. The Kier molecular flexibility index (Phi) is 2.92. The molecule has 0 aliphatic heterocycles. The lowest BCUT2D eigenvalue weighted by molar-refractivity contribution is 0.0690. The van der Waals surface area contributed by atoms with Gasteiger partial charge < -0.3 is 5.11 Å². The van der Waals surface area contributed by atoms with Crippen molar-refractivity contribution in [2.75, 3.05) is 0 Å². The smallest absolute Gasteiger partial charge is 0.358 e. The number of carboxylic acid groups (broad SMARTS) is 1. The number of rotatable bonds is 2. The molecular weight excluding hydrogens is 277 g/mol. The Bertz CT molecular complexity index is 656. The predicted octanol–water partition coefficient (Wildman–Crippen LogP) is 1.66. The number of aromatic nitrogens is 3. The minimum Gasteiger partial charge on any atom is -0.476 e. The van der Waals surface area contributed by atoms with E-state index in [1.54, 1.807) is 0 Å². The molecule has 0 unspecified atom stereocenters. The van der Waals surface area contributed by atoms with Crippen molar-refractivity contribution in [2.24, 2.45) is 0 Å². The van der Waals surface area contributed by atoms with Gasteiger partial charge in [-0.25, -0.2) is 31.4 Å². The molecule has 0 spiro atoms. The summed E-state index contributed by atoms with van der Waals surface area (Å²) in [5, 5.41) is 14.5. The molecular formula is C9H2F5N3O2. The van der Waals surface area contributed by atoms with Gasteiger partial charge in [-0.3, -0.25) is 0 Å². The molecule has 0 fully saturated rings. The molecule has 1 aromatic carbocycles. The van der Waals surface area contributed by atoms with Gasteiger partial charge in [-0.05, 0) is 0 Å². The molecule has 1 aromatic heterocycles. The highest BCUT2D eigenvalue weighted by Crippen LogP contribution is 2.25. The molecule has 0 saturated carbocycles. The summed E-state index contributed by atoms with van der Waals surface area (Å²) in [6.07, 6.45) is 0.514. The molecule has 1 N–H and O–H groups in total. The summed E-state index contributed by atoms with van der Waals surface area (Å²) >= 11 is 0. The number of halogens is 5. The van der Waals surface area contributed by atoms with Crippen LogP contribution < -0.4 is 0 Å². The van der Waals surface area contributed by atoms with Crippen molar-refractivity contribution in [3.63, 3.8) is 0 Å². The van der Waals surface area contributed by atoms with E-state index >= 15 is 0 Å². The number of nitrogens with zero attached hydrogens (tertiary/aromatic N) is 3. The Morgan fingerprint density at radius 1 is 1.00 bits per heavy atom. The van der Waals surface area contributed by atoms with Crippen LogP contribution in [0.15, 0.2) is 6.20 Å². The Morgan fingerprint density at radius 3 is 1.89 bits per heavy atom. The SMILES string of the molecule is O=C(O)c1cn(-c2c(F)c(F)c(F)c(F)c2F)nn1. The van der Waals surface area contributed by atoms with Gasteiger partial charge in [0.05, 0.1) is 6.20 Å². The van der Waals surface area contributed by atoms with E-state index in [1.807, 2.05) is 0 Å². The van der Waals surface area contributed by atoms with Crippen LogP contribution in [-0.4, -0.2) is 26.1 Å². The third-order valence-electron chi connectivity index (χ3n) is 2.13. The van der Waals surface area contributed by atoms with Crippen molar-refractivity contribution >= 4 is 5.97 Å². The number of carboxylic acids is 1. The number of hydrogen-bond acceptors (Lipinski definition) is 3. The first kappa shape index (κ1) is 12.9. The Balaban J connectivity index is 2.71. The summed E-state index contributed by atoms with van der Waals surface area (Å²) in [6.45, 7) is 0. The van der Waals surface area contributed by atoms with E-state index in [9.17, 15) is 26.7 Å². The largest absolute Gasteiger partial charge is 0.476 e. The van der Waals surface area contributed by atoms with Crippen molar-refractivity contribution in [1.82, 2.24) is 15.0 Å². The average molecular weight is 279 g/mol. The van der Waals surface area contributed by atoms with Crippen LogP contribution in [-0.2, 0) is 0 Å². The standard InChI is InChI=1S/C9H2F5N3O2/c10-3-4(11)6(13)8(7(14)5(3)12)17-1-2(9(18)19)15-16-17/h1H,(H,18,19). The minimum atomic E-state index is -2.32. The molecule has 19 heavy (non-hydrogen) atoms. The summed E-state index contributed by atoms with van der Waals surface area (Å²) in [5.41, 5.74) is -2.12.